The van der Waals surface area contributed by atoms with Gasteiger partial charge >= 0.3 is 0 Å². The summed E-state index contributed by atoms with van der Waals surface area (Å²) in [5.41, 5.74) is 0.633. The number of furan rings is 1. The highest BCUT2D eigenvalue weighted by molar-refractivity contribution is 5.95. The molecule has 0 bridgehead atoms. The summed E-state index contributed by atoms with van der Waals surface area (Å²) in [6.45, 7) is 2.54. The molecule has 1 N–H and O–H groups in total. The first-order chi connectivity index (χ1) is 7.86. The number of hydrogen-bond acceptors (Lipinski definition) is 4. The van der Waals surface area contributed by atoms with Crippen LogP contribution in [0.15, 0.2) is 23.0 Å². The van der Waals surface area contributed by atoms with Crippen molar-refractivity contribution in [3.8, 4) is 0 Å². The Kier molecular flexibility index (Phi) is 4.13. The molecule has 1 aliphatic heterocycles. The number of Topliss-reactive ketones (excluding diaryl/α,β-unsaturated/α-hetero) is 1. The second kappa shape index (κ2) is 5.82. The van der Waals surface area contributed by atoms with Crippen molar-refractivity contribution >= 4 is 5.78 Å². The summed E-state index contributed by atoms with van der Waals surface area (Å²) in [6.07, 6.45) is 5.83. The molecule has 0 spiro atoms. The highest BCUT2D eigenvalue weighted by atomic mass is 16.5. The molecule has 4 nitrogen and oxygen atoms in total. The normalized spacial score (nSPS) is 17.5. The van der Waals surface area contributed by atoms with Crippen LogP contribution in [-0.4, -0.2) is 31.6 Å². The molecule has 88 valence electrons. The Hall–Kier alpha value is -1.13. The van der Waals surface area contributed by atoms with Crippen LogP contribution in [-0.2, 0) is 4.74 Å². The van der Waals surface area contributed by atoms with Gasteiger partial charge < -0.3 is 14.5 Å². The summed E-state index contributed by atoms with van der Waals surface area (Å²) in [5, 5.41) is 3.28. The molecule has 0 saturated carbocycles. The molecule has 0 unspecified atom stereocenters. The summed E-state index contributed by atoms with van der Waals surface area (Å²) in [5.74, 6) is 0.0858. The summed E-state index contributed by atoms with van der Waals surface area (Å²) in [4.78, 5) is 11.6. The summed E-state index contributed by atoms with van der Waals surface area (Å²) < 4.78 is 10.5. The van der Waals surface area contributed by atoms with Crippen molar-refractivity contribution in [2.75, 3.05) is 19.7 Å². The van der Waals surface area contributed by atoms with Crippen molar-refractivity contribution in [1.29, 1.82) is 0 Å². The number of piperidine rings is 1. The van der Waals surface area contributed by atoms with Crippen LogP contribution in [0, 0.1) is 0 Å². The van der Waals surface area contributed by atoms with Gasteiger partial charge in [0.2, 0.25) is 0 Å². The first kappa shape index (κ1) is 11.4. The van der Waals surface area contributed by atoms with Crippen molar-refractivity contribution < 1.29 is 13.9 Å². The standard InChI is InChI=1S/C12H17NO3/c14-12(10-3-7-15-9-10)4-8-16-11-1-5-13-6-2-11/h3,7,9,11,13H,1-2,4-6,8H2. The molecule has 4 heteroatoms. The maximum absolute atomic E-state index is 11.6. The van der Waals surface area contributed by atoms with Gasteiger partial charge in [0.1, 0.15) is 6.26 Å². The SMILES string of the molecule is O=C(CCOC1CCNCC1)c1ccoc1. The van der Waals surface area contributed by atoms with Crippen LogP contribution < -0.4 is 5.32 Å². The Bertz CT molecular complexity index is 315. The van der Waals surface area contributed by atoms with Gasteiger partial charge in [-0.25, -0.2) is 0 Å². The first-order valence-corrected chi connectivity index (χ1v) is 5.74. The van der Waals surface area contributed by atoms with Crippen LogP contribution in [0.1, 0.15) is 29.6 Å². The Balaban J connectivity index is 1.66. The molecule has 1 saturated heterocycles. The maximum Gasteiger partial charge on any atom is 0.168 e. The van der Waals surface area contributed by atoms with Gasteiger partial charge in [0, 0.05) is 6.42 Å². The molecule has 0 amide bonds. The number of ketones is 1. The molecule has 1 fully saturated rings. The van der Waals surface area contributed by atoms with Crippen molar-refractivity contribution in [3.63, 3.8) is 0 Å². The molecule has 1 aromatic heterocycles. The van der Waals surface area contributed by atoms with E-state index in [0.29, 0.717) is 24.7 Å². The smallest absolute Gasteiger partial charge is 0.168 e. The van der Waals surface area contributed by atoms with Crippen LogP contribution in [0.2, 0.25) is 0 Å². The first-order valence-electron chi connectivity index (χ1n) is 5.74. The van der Waals surface area contributed by atoms with E-state index in [4.69, 9.17) is 9.15 Å². The zero-order chi connectivity index (χ0) is 11.2. The Morgan fingerprint density at radius 1 is 1.50 bits per heavy atom. The molecule has 0 atom stereocenters. The van der Waals surface area contributed by atoms with Crippen LogP contribution in [0.5, 0.6) is 0 Å². The van der Waals surface area contributed by atoms with Crippen molar-refractivity contribution in [3.05, 3.63) is 24.2 Å². The number of nitrogens with one attached hydrogen (secondary N) is 1. The van der Waals surface area contributed by atoms with Gasteiger partial charge in [-0.1, -0.05) is 0 Å². The fourth-order valence-electron chi connectivity index (χ4n) is 1.85. The lowest BCUT2D eigenvalue weighted by molar-refractivity contribution is 0.0313. The second-order valence-corrected chi connectivity index (χ2v) is 4.01. The number of hydrogen-bond donors (Lipinski definition) is 1. The number of rotatable bonds is 5. The van der Waals surface area contributed by atoms with Crippen LogP contribution >= 0.6 is 0 Å². The fraction of sp³-hybridized carbons (Fsp3) is 0.583. The van der Waals surface area contributed by atoms with Gasteiger partial charge in [-0.05, 0) is 32.0 Å². The van der Waals surface area contributed by atoms with Gasteiger partial charge in [-0.3, -0.25) is 4.79 Å². The van der Waals surface area contributed by atoms with Gasteiger partial charge in [0.05, 0.1) is 24.5 Å². The molecule has 0 radical (unpaired) electrons. The van der Waals surface area contributed by atoms with E-state index in [9.17, 15) is 4.79 Å². The lowest BCUT2D eigenvalue weighted by atomic mass is 10.1. The molecule has 1 aliphatic rings. The third kappa shape index (κ3) is 3.18. The van der Waals surface area contributed by atoms with Crippen LogP contribution in [0.25, 0.3) is 0 Å². The Labute approximate surface area is 95.0 Å². The summed E-state index contributed by atoms with van der Waals surface area (Å²) in [7, 11) is 0. The molecular formula is C12H17NO3. The topological polar surface area (TPSA) is 51.5 Å². The van der Waals surface area contributed by atoms with Crippen LogP contribution in [0.3, 0.4) is 0 Å². The zero-order valence-electron chi connectivity index (χ0n) is 9.28. The lowest BCUT2D eigenvalue weighted by Crippen LogP contribution is -2.32. The highest BCUT2D eigenvalue weighted by Crippen LogP contribution is 2.09. The second-order valence-electron chi connectivity index (χ2n) is 4.01. The fourth-order valence-corrected chi connectivity index (χ4v) is 1.85. The third-order valence-electron chi connectivity index (χ3n) is 2.81. The minimum atomic E-state index is 0.0858. The van der Waals surface area contributed by atoms with Crippen molar-refractivity contribution in [2.24, 2.45) is 0 Å². The van der Waals surface area contributed by atoms with E-state index < -0.39 is 0 Å². The molecule has 1 aromatic rings. The van der Waals surface area contributed by atoms with E-state index in [0.717, 1.165) is 25.9 Å². The molecule has 2 heterocycles. The Morgan fingerprint density at radius 2 is 2.31 bits per heavy atom. The lowest BCUT2D eigenvalue weighted by Gasteiger charge is -2.22. The molecule has 16 heavy (non-hydrogen) atoms. The summed E-state index contributed by atoms with van der Waals surface area (Å²) in [6, 6.07) is 1.69. The van der Waals surface area contributed by atoms with E-state index in [-0.39, 0.29) is 5.78 Å². The predicted molar refractivity (Wildman–Crippen MR) is 59.5 cm³/mol. The monoisotopic (exact) mass is 223 g/mol. The molecule has 2 rings (SSSR count). The minimum Gasteiger partial charge on any atom is -0.472 e. The Morgan fingerprint density at radius 3 is 3.00 bits per heavy atom. The van der Waals surface area contributed by atoms with E-state index >= 15 is 0 Å². The molecule has 0 aliphatic carbocycles. The van der Waals surface area contributed by atoms with E-state index in [1.165, 1.54) is 12.5 Å². The quantitative estimate of drug-likeness (QED) is 0.771. The molecule has 0 aromatic carbocycles. The number of carbonyl (C=O) groups excluding carboxylic acids is 1. The van der Waals surface area contributed by atoms with E-state index in [1.54, 1.807) is 6.07 Å². The van der Waals surface area contributed by atoms with Gasteiger partial charge in [0.25, 0.3) is 0 Å². The average Bonchev–Trinajstić information content (AvgIpc) is 2.84. The van der Waals surface area contributed by atoms with Crippen molar-refractivity contribution in [2.45, 2.75) is 25.4 Å². The van der Waals surface area contributed by atoms with Gasteiger partial charge in [0.15, 0.2) is 5.78 Å². The number of carbonyl (C=O) groups is 1. The van der Waals surface area contributed by atoms with Gasteiger partial charge in [-0.2, -0.15) is 0 Å². The third-order valence-corrected chi connectivity index (χ3v) is 2.81. The maximum atomic E-state index is 11.6. The zero-order valence-corrected chi connectivity index (χ0v) is 9.28. The van der Waals surface area contributed by atoms with E-state index in [1.807, 2.05) is 0 Å². The average molecular weight is 223 g/mol. The van der Waals surface area contributed by atoms with Crippen LogP contribution in [0.4, 0.5) is 0 Å². The minimum absolute atomic E-state index is 0.0858. The summed E-state index contributed by atoms with van der Waals surface area (Å²) >= 11 is 0. The predicted octanol–water partition coefficient (Wildman–Crippen LogP) is 1.62. The van der Waals surface area contributed by atoms with E-state index in [2.05, 4.69) is 5.32 Å². The van der Waals surface area contributed by atoms with Crippen molar-refractivity contribution in [1.82, 2.24) is 5.32 Å². The number of ether oxygens (including phenoxy) is 1. The largest absolute Gasteiger partial charge is 0.472 e. The van der Waals surface area contributed by atoms with Gasteiger partial charge in [-0.15, -0.1) is 0 Å². The molecular weight excluding hydrogens is 206 g/mol. The highest BCUT2D eigenvalue weighted by Gasteiger charge is 2.14.